The van der Waals surface area contributed by atoms with Gasteiger partial charge in [0.1, 0.15) is 18.5 Å². The lowest BCUT2D eigenvalue weighted by molar-refractivity contribution is 0.0462. The van der Waals surface area contributed by atoms with Crippen molar-refractivity contribution in [1.82, 2.24) is 19.4 Å². The number of nitrogens with zero attached hydrogens (tertiary/aromatic N) is 4. The average molecular weight is 364 g/mol. The van der Waals surface area contributed by atoms with Crippen molar-refractivity contribution in [3.8, 4) is 11.5 Å². The maximum atomic E-state index is 6.16. The number of ether oxygens (including phenoxy) is 2. The van der Waals surface area contributed by atoms with Crippen LogP contribution in [0.2, 0.25) is 0 Å². The van der Waals surface area contributed by atoms with Crippen LogP contribution >= 0.6 is 0 Å². The maximum Gasteiger partial charge on any atom is 0.177 e. The second-order valence-electron chi connectivity index (χ2n) is 7.43. The second-order valence-corrected chi connectivity index (χ2v) is 7.43. The monoisotopic (exact) mass is 364 g/mol. The Balaban J connectivity index is 1.31. The SMILES string of the molecule is Cc1nc2ncccc2n1C1CCCN(CC2COc3ccccc3O2)C1. The van der Waals surface area contributed by atoms with E-state index in [2.05, 4.69) is 32.4 Å². The molecule has 0 aliphatic carbocycles. The Hall–Kier alpha value is -2.60. The number of likely N-dealkylation sites (tertiary alicyclic amines) is 1. The zero-order valence-corrected chi connectivity index (χ0v) is 15.5. The fourth-order valence-corrected chi connectivity index (χ4v) is 4.35. The smallest absolute Gasteiger partial charge is 0.177 e. The van der Waals surface area contributed by atoms with Gasteiger partial charge in [-0.1, -0.05) is 12.1 Å². The lowest BCUT2D eigenvalue weighted by Gasteiger charge is -2.37. The van der Waals surface area contributed by atoms with Crippen molar-refractivity contribution >= 4 is 11.2 Å². The number of aryl methyl sites for hydroxylation is 1. The van der Waals surface area contributed by atoms with Crippen molar-refractivity contribution in [3.05, 3.63) is 48.4 Å². The van der Waals surface area contributed by atoms with Crippen LogP contribution < -0.4 is 9.47 Å². The van der Waals surface area contributed by atoms with Gasteiger partial charge in [-0.05, 0) is 50.6 Å². The number of rotatable bonds is 3. The minimum atomic E-state index is 0.0703. The average Bonchev–Trinajstić information content (AvgIpc) is 3.04. The van der Waals surface area contributed by atoms with E-state index in [1.54, 1.807) is 0 Å². The summed E-state index contributed by atoms with van der Waals surface area (Å²) in [6, 6.07) is 12.4. The molecule has 0 spiro atoms. The molecule has 6 heteroatoms. The summed E-state index contributed by atoms with van der Waals surface area (Å²) in [5.41, 5.74) is 1.97. The highest BCUT2D eigenvalue weighted by Crippen LogP contribution is 2.32. The third kappa shape index (κ3) is 3.14. The third-order valence-electron chi connectivity index (χ3n) is 5.52. The number of pyridine rings is 1. The predicted octanol–water partition coefficient (Wildman–Crippen LogP) is 3.22. The molecule has 6 nitrogen and oxygen atoms in total. The normalized spacial score (nSPS) is 22.9. The molecule has 2 aromatic heterocycles. The molecule has 2 aliphatic rings. The van der Waals surface area contributed by atoms with Crippen molar-refractivity contribution in [3.63, 3.8) is 0 Å². The van der Waals surface area contributed by atoms with Gasteiger partial charge in [0.15, 0.2) is 17.1 Å². The van der Waals surface area contributed by atoms with Crippen LogP contribution in [-0.4, -0.2) is 51.8 Å². The second kappa shape index (κ2) is 6.85. The van der Waals surface area contributed by atoms with E-state index >= 15 is 0 Å². The van der Waals surface area contributed by atoms with Crippen molar-refractivity contribution in [1.29, 1.82) is 0 Å². The number of para-hydroxylation sites is 2. The summed E-state index contributed by atoms with van der Waals surface area (Å²) < 4.78 is 14.4. The Bertz CT molecular complexity index is 954. The van der Waals surface area contributed by atoms with E-state index in [1.807, 2.05) is 36.5 Å². The van der Waals surface area contributed by atoms with Gasteiger partial charge in [0.2, 0.25) is 0 Å². The molecular weight excluding hydrogens is 340 g/mol. The van der Waals surface area contributed by atoms with Crippen molar-refractivity contribution < 1.29 is 9.47 Å². The molecule has 2 atom stereocenters. The van der Waals surface area contributed by atoms with Crippen LogP contribution in [0.5, 0.6) is 11.5 Å². The molecule has 27 heavy (non-hydrogen) atoms. The summed E-state index contributed by atoms with van der Waals surface area (Å²) in [6.07, 6.45) is 4.22. The fourth-order valence-electron chi connectivity index (χ4n) is 4.35. The highest BCUT2D eigenvalue weighted by atomic mass is 16.6. The highest BCUT2D eigenvalue weighted by molar-refractivity contribution is 5.71. The van der Waals surface area contributed by atoms with Gasteiger partial charge in [0.25, 0.3) is 0 Å². The predicted molar refractivity (Wildman–Crippen MR) is 103 cm³/mol. The third-order valence-corrected chi connectivity index (χ3v) is 5.52. The molecule has 1 fully saturated rings. The molecule has 2 unspecified atom stereocenters. The van der Waals surface area contributed by atoms with Gasteiger partial charge in [0.05, 0.1) is 5.52 Å². The number of imidazole rings is 1. The van der Waals surface area contributed by atoms with Gasteiger partial charge < -0.3 is 14.0 Å². The Morgan fingerprint density at radius 1 is 1.15 bits per heavy atom. The van der Waals surface area contributed by atoms with Gasteiger partial charge in [-0.25, -0.2) is 9.97 Å². The maximum absolute atomic E-state index is 6.16. The Labute approximate surface area is 158 Å². The Kier molecular flexibility index (Phi) is 4.20. The number of benzene rings is 1. The van der Waals surface area contributed by atoms with E-state index in [-0.39, 0.29) is 6.10 Å². The van der Waals surface area contributed by atoms with Crippen LogP contribution in [0.25, 0.3) is 11.2 Å². The molecule has 140 valence electrons. The summed E-state index contributed by atoms with van der Waals surface area (Å²) in [5.74, 6) is 2.74. The molecule has 0 radical (unpaired) electrons. The summed E-state index contributed by atoms with van der Waals surface area (Å²) in [7, 11) is 0. The van der Waals surface area contributed by atoms with Gasteiger partial charge in [-0.3, -0.25) is 4.90 Å². The summed E-state index contributed by atoms with van der Waals surface area (Å²) in [4.78, 5) is 11.5. The van der Waals surface area contributed by atoms with Crippen LogP contribution in [0.1, 0.15) is 24.7 Å². The fraction of sp³-hybridized carbons (Fsp3) is 0.429. The van der Waals surface area contributed by atoms with Crippen molar-refractivity contribution in [2.75, 3.05) is 26.2 Å². The minimum Gasteiger partial charge on any atom is -0.486 e. The molecule has 0 amide bonds. The molecule has 4 heterocycles. The topological polar surface area (TPSA) is 52.4 Å². The lowest BCUT2D eigenvalue weighted by atomic mass is 10.0. The van der Waals surface area contributed by atoms with E-state index in [0.29, 0.717) is 12.6 Å². The van der Waals surface area contributed by atoms with E-state index < -0.39 is 0 Å². The highest BCUT2D eigenvalue weighted by Gasteiger charge is 2.28. The van der Waals surface area contributed by atoms with Crippen LogP contribution in [0.3, 0.4) is 0 Å². The first-order valence-electron chi connectivity index (χ1n) is 9.68. The Morgan fingerprint density at radius 3 is 2.96 bits per heavy atom. The van der Waals surface area contributed by atoms with Crippen LogP contribution in [0, 0.1) is 6.92 Å². The summed E-state index contributed by atoms with van der Waals surface area (Å²) >= 11 is 0. The van der Waals surface area contributed by atoms with Gasteiger partial charge >= 0.3 is 0 Å². The van der Waals surface area contributed by atoms with Crippen molar-refractivity contribution in [2.45, 2.75) is 31.9 Å². The number of aromatic nitrogens is 3. The molecule has 0 bridgehead atoms. The van der Waals surface area contributed by atoms with E-state index in [9.17, 15) is 0 Å². The molecule has 2 aliphatic heterocycles. The first-order chi connectivity index (χ1) is 13.3. The minimum absolute atomic E-state index is 0.0703. The first kappa shape index (κ1) is 16.6. The lowest BCUT2D eigenvalue weighted by Crippen LogP contribution is -2.45. The first-order valence-corrected chi connectivity index (χ1v) is 9.68. The van der Waals surface area contributed by atoms with E-state index in [4.69, 9.17) is 9.47 Å². The molecule has 1 saturated heterocycles. The molecule has 1 aromatic carbocycles. The number of hydrogen-bond acceptors (Lipinski definition) is 5. The zero-order valence-electron chi connectivity index (χ0n) is 15.5. The van der Waals surface area contributed by atoms with E-state index in [0.717, 1.165) is 48.1 Å². The van der Waals surface area contributed by atoms with Crippen LogP contribution in [0.4, 0.5) is 0 Å². The molecule has 0 saturated carbocycles. The van der Waals surface area contributed by atoms with Gasteiger partial charge in [0, 0.05) is 25.3 Å². The molecule has 0 N–H and O–H groups in total. The van der Waals surface area contributed by atoms with Crippen LogP contribution in [-0.2, 0) is 0 Å². The molecule has 3 aromatic rings. The number of hydrogen-bond donors (Lipinski definition) is 0. The largest absolute Gasteiger partial charge is 0.486 e. The molecular formula is C21H24N4O2. The zero-order chi connectivity index (χ0) is 18.2. The quantitative estimate of drug-likeness (QED) is 0.714. The van der Waals surface area contributed by atoms with E-state index in [1.165, 1.54) is 12.8 Å². The summed E-state index contributed by atoms with van der Waals surface area (Å²) in [5, 5.41) is 0. The van der Waals surface area contributed by atoms with Crippen LogP contribution in [0.15, 0.2) is 42.6 Å². The Morgan fingerprint density at radius 2 is 2.04 bits per heavy atom. The summed E-state index contributed by atoms with van der Waals surface area (Å²) in [6.45, 7) is 5.67. The molecule has 5 rings (SSSR count). The van der Waals surface area contributed by atoms with Gasteiger partial charge in [-0.2, -0.15) is 0 Å². The van der Waals surface area contributed by atoms with Gasteiger partial charge in [-0.15, -0.1) is 0 Å². The standard InChI is InChI=1S/C21H24N4O2/c1-15-23-21-18(7-4-10-22-21)25(15)16-6-5-11-24(12-16)13-17-14-26-19-8-2-3-9-20(19)27-17/h2-4,7-10,16-17H,5-6,11-14H2,1H3. The van der Waals surface area contributed by atoms with Crippen molar-refractivity contribution in [2.24, 2.45) is 0 Å². The number of fused-ring (bicyclic) bond motifs is 2. The number of piperidine rings is 1.